The third-order valence-electron chi connectivity index (χ3n) is 5.77. The number of rotatable bonds is 5. The number of hydrogen-bond acceptors (Lipinski definition) is 3. The summed E-state index contributed by atoms with van der Waals surface area (Å²) in [7, 11) is 0. The Bertz CT molecular complexity index is 1310. The third kappa shape index (κ3) is 3.44. The zero-order valence-electron chi connectivity index (χ0n) is 17.2. The minimum absolute atomic E-state index is 0.214. The van der Waals surface area contributed by atoms with Crippen molar-refractivity contribution in [3.63, 3.8) is 0 Å². The summed E-state index contributed by atoms with van der Waals surface area (Å²) in [5.74, 6) is -1.29. The number of carbonyl (C=O) groups is 3. The summed E-state index contributed by atoms with van der Waals surface area (Å²) in [5.41, 5.74) is 2.16. The minimum Gasteiger partial charge on any atom is -0.324 e. The van der Waals surface area contributed by atoms with Crippen molar-refractivity contribution < 1.29 is 14.4 Å². The van der Waals surface area contributed by atoms with Crippen LogP contribution in [0.3, 0.4) is 0 Å². The molecule has 4 aromatic carbocycles. The number of fused-ring (bicyclic) bond motifs is 2. The highest BCUT2D eigenvalue weighted by Crippen LogP contribution is 2.28. The molecule has 1 aliphatic rings. The van der Waals surface area contributed by atoms with Crippen molar-refractivity contribution >= 4 is 34.2 Å². The van der Waals surface area contributed by atoms with Crippen molar-refractivity contribution in [1.82, 2.24) is 4.90 Å². The number of para-hydroxylation sites is 1. The van der Waals surface area contributed by atoms with Gasteiger partial charge in [0.05, 0.1) is 11.1 Å². The lowest BCUT2D eigenvalue weighted by Crippen LogP contribution is -2.48. The van der Waals surface area contributed by atoms with Crippen LogP contribution in [0, 0.1) is 0 Å². The molecule has 1 N–H and O–H groups in total. The smallest absolute Gasteiger partial charge is 0.262 e. The first-order valence-electron chi connectivity index (χ1n) is 10.4. The molecule has 5 rings (SSSR count). The number of anilines is 1. The Morgan fingerprint density at radius 3 is 2.03 bits per heavy atom. The standard InChI is InChI=1S/C27H20N2O3/c30-25(28-20-12-2-1-3-13-20)24(17-19-11-8-10-18-9-4-5-14-21(18)19)29-26(31)22-15-6-7-16-23(22)27(29)32/h1-16,24H,17H2,(H,28,30). The Morgan fingerprint density at radius 1 is 0.719 bits per heavy atom. The molecule has 32 heavy (non-hydrogen) atoms. The molecule has 0 saturated carbocycles. The third-order valence-corrected chi connectivity index (χ3v) is 5.77. The summed E-state index contributed by atoms with van der Waals surface area (Å²) in [5, 5.41) is 4.90. The molecule has 5 nitrogen and oxygen atoms in total. The van der Waals surface area contributed by atoms with Gasteiger partial charge in [-0.25, -0.2) is 0 Å². The van der Waals surface area contributed by atoms with Crippen LogP contribution in [-0.2, 0) is 11.2 Å². The van der Waals surface area contributed by atoms with Gasteiger partial charge in [0.2, 0.25) is 5.91 Å². The average molecular weight is 420 g/mol. The summed E-state index contributed by atoms with van der Waals surface area (Å²) < 4.78 is 0. The highest BCUT2D eigenvalue weighted by Gasteiger charge is 2.42. The lowest BCUT2D eigenvalue weighted by Gasteiger charge is -2.26. The summed E-state index contributed by atoms with van der Waals surface area (Å²) in [6, 6.07) is 28.5. The van der Waals surface area contributed by atoms with E-state index in [1.54, 1.807) is 36.4 Å². The molecule has 1 atom stereocenters. The van der Waals surface area contributed by atoms with Gasteiger partial charge in [-0.3, -0.25) is 19.3 Å². The SMILES string of the molecule is O=C(Nc1ccccc1)C(Cc1cccc2ccccc12)N1C(=O)c2ccccc2C1=O. The van der Waals surface area contributed by atoms with E-state index >= 15 is 0 Å². The maximum atomic E-state index is 13.4. The first kappa shape index (κ1) is 19.7. The van der Waals surface area contributed by atoms with E-state index < -0.39 is 23.8 Å². The van der Waals surface area contributed by atoms with E-state index in [2.05, 4.69) is 5.32 Å². The molecule has 0 saturated heterocycles. The highest BCUT2D eigenvalue weighted by molar-refractivity contribution is 6.23. The number of amides is 3. The molecule has 1 aliphatic heterocycles. The van der Waals surface area contributed by atoms with Crippen molar-refractivity contribution in [2.45, 2.75) is 12.5 Å². The van der Waals surface area contributed by atoms with Gasteiger partial charge in [0, 0.05) is 12.1 Å². The van der Waals surface area contributed by atoms with Crippen molar-refractivity contribution in [1.29, 1.82) is 0 Å². The minimum atomic E-state index is -0.992. The van der Waals surface area contributed by atoms with Gasteiger partial charge < -0.3 is 5.32 Å². The van der Waals surface area contributed by atoms with Crippen LogP contribution in [0.25, 0.3) is 10.8 Å². The fourth-order valence-corrected chi connectivity index (χ4v) is 4.22. The average Bonchev–Trinajstić information content (AvgIpc) is 3.08. The summed E-state index contributed by atoms with van der Waals surface area (Å²) in [4.78, 5) is 40.9. The number of nitrogens with one attached hydrogen (secondary N) is 1. The lowest BCUT2D eigenvalue weighted by atomic mass is 9.97. The molecule has 0 bridgehead atoms. The topological polar surface area (TPSA) is 66.5 Å². The zero-order chi connectivity index (χ0) is 22.1. The summed E-state index contributed by atoms with van der Waals surface area (Å²) >= 11 is 0. The molecule has 0 radical (unpaired) electrons. The second-order valence-corrected chi connectivity index (χ2v) is 7.74. The van der Waals surface area contributed by atoms with E-state index in [9.17, 15) is 14.4 Å². The van der Waals surface area contributed by atoms with Gasteiger partial charge in [-0.05, 0) is 40.6 Å². The van der Waals surface area contributed by atoms with E-state index in [1.807, 2.05) is 60.7 Å². The number of hydrogen-bond donors (Lipinski definition) is 1. The van der Waals surface area contributed by atoms with Gasteiger partial charge >= 0.3 is 0 Å². The fraction of sp³-hybridized carbons (Fsp3) is 0.0741. The van der Waals surface area contributed by atoms with E-state index in [0.717, 1.165) is 21.2 Å². The number of benzene rings is 4. The van der Waals surface area contributed by atoms with Crippen LogP contribution < -0.4 is 5.32 Å². The maximum absolute atomic E-state index is 13.4. The molecule has 0 aliphatic carbocycles. The van der Waals surface area contributed by atoms with Crippen LogP contribution in [0.4, 0.5) is 5.69 Å². The van der Waals surface area contributed by atoms with Crippen LogP contribution in [0.15, 0.2) is 97.1 Å². The van der Waals surface area contributed by atoms with Crippen molar-refractivity contribution in [2.75, 3.05) is 5.32 Å². The van der Waals surface area contributed by atoms with E-state index in [1.165, 1.54) is 0 Å². The molecule has 0 fully saturated rings. The molecular formula is C27H20N2O3. The zero-order valence-corrected chi connectivity index (χ0v) is 17.2. The first-order valence-corrected chi connectivity index (χ1v) is 10.4. The molecule has 1 heterocycles. The maximum Gasteiger partial charge on any atom is 0.262 e. The van der Waals surface area contributed by atoms with E-state index in [0.29, 0.717) is 16.8 Å². The number of nitrogens with zero attached hydrogens (tertiary/aromatic N) is 1. The predicted octanol–water partition coefficient (Wildman–Crippen LogP) is 4.69. The molecule has 4 aromatic rings. The molecule has 5 heteroatoms. The lowest BCUT2D eigenvalue weighted by molar-refractivity contribution is -0.119. The summed E-state index contributed by atoms with van der Waals surface area (Å²) in [6.07, 6.45) is 0.214. The molecule has 0 spiro atoms. The number of carbonyl (C=O) groups excluding carboxylic acids is 3. The second kappa shape index (κ2) is 8.12. The van der Waals surface area contributed by atoms with Crippen LogP contribution in [-0.4, -0.2) is 28.7 Å². The molecule has 1 unspecified atom stereocenters. The quantitative estimate of drug-likeness (QED) is 0.477. The number of imide groups is 1. The van der Waals surface area contributed by atoms with Gasteiger partial charge in [-0.2, -0.15) is 0 Å². The Morgan fingerprint density at radius 2 is 1.31 bits per heavy atom. The largest absolute Gasteiger partial charge is 0.324 e. The van der Waals surface area contributed by atoms with Crippen LogP contribution in [0.5, 0.6) is 0 Å². The highest BCUT2D eigenvalue weighted by atomic mass is 16.2. The normalized spacial score (nSPS) is 13.8. The Labute approximate surface area is 185 Å². The van der Waals surface area contributed by atoms with Crippen LogP contribution in [0.2, 0.25) is 0 Å². The fourth-order valence-electron chi connectivity index (χ4n) is 4.22. The predicted molar refractivity (Wildman–Crippen MR) is 123 cm³/mol. The molecule has 3 amide bonds. The van der Waals surface area contributed by atoms with Crippen LogP contribution in [0.1, 0.15) is 26.3 Å². The Balaban J connectivity index is 1.56. The van der Waals surface area contributed by atoms with Gasteiger partial charge in [-0.1, -0.05) is 72.8 Å². The summed E-state index contributed by atoms with van der Waals surface area (Å²) in [6.45, 7) is 0. The van der Waals surface area contributed by atoms with Gasteiger partial charge in [0.15, 0.2) is 0 Å². The van der Waals surface area contributed by atoms with Gasteiger partial charge in [-0.15, -0.1) is 0 Å². The van der Waals surface area contributed by atoms with Crippen LogP contribution >= 0.6 is 0 Å². The molecular weight excluding hydrogens is 400 g/mol. The molecule has 156 valence electrons. The monoisotopic (exact) mass is 420 g/mol. The first-order chi connectivity index (χ1) is 15.6. The Kier molecular flexibility index (Phi) is 5.00. The second-order valence-electron chi connectivity index (χ2n) is 7.74. The van der Waals surface area contributed by atoms with Crippen molar-refractivity contribution in [3.05, 3.63) is 114 Å². The van der Waals surface area contributed by atoms with Crippen molar-refractivity contribution in [2.24, 2.45) is 0 Å². The van der Waals surface area contributed by atoms with E-state index in [-0.39, 0.29) is 6.42 Å². The molecule has 0 aromatic heterocycles. The van der Waals surface area contributed by atoms with Crippen molar-refractivity contribution in [3.8, 4) is 0 Å². The van der Waals surface area contributed by atoms with E-state index in [4.69, 9.17) is 0 Å². The van der Waals surface area contributed by atoms with Gasteiger partial charge in [0.25, 0.3) is 11.8 Å². The Hall–Kier alpha value is -4.25. The van der Waals surface area contributed by atoms with Gasteiger partial charge in [0.1, 0.15) is 6.04 Å².